The standard InChI is InChI=1S/C19H36N4.ClH/c1-4-6-7-8-9-16-10-13-22(5-2)19(20)18(16)23-14-11-17(21-3)12-15-23;/h10,13,17,19,21H,4-9,11-12,14-15,20H2,1-3H3;1H. The molecule has 0 aromatic heterocycles. The number of likely N-dealkylation sites (tertiary alicyclic amines) is 1. The number of halogens is 1. The van der Waals surface area contributed by atoms with Crippen LogP contribution < -0.4 is 11.1 Å². The number of nitrogens with two attached hydrogens (primary N) is 1. The summed E-state index contributed by atoms with van der Waals surface area (Å²) in [5.74, 6) is 0. The van der Waals surface area contributed by atoms with Crippen LogP contribution in [0.5, 0.6) is 0 Å². The lowest BCUT2D eigenvalue weighted by Crippen LogP contribution is -2.50. The van der Waals surface area contributed by atoms with Gasteiger partial charge in [0.15, 0.2) is 0 Å². The number of hydrogen-bond acceptors (Lipinski definition) is 4. The molecule has 0 aliphatic carbocycles. The highest BCUT2D eigenvalue weighted by Crippen LogP contribution is 2.28. The van der Waals surface area contributed by atoms with E-state index in [1.165, 1.54) is 56.2 Å². The number of nitrogens with one attached hydrogen (secondary N) is 1. The van der Waals surface area contributed by atoms with Gasteiger partial charge in [-0.2, -0.15) is 0 Å². The fourth-order valence-corrected chi connectivity index (χ4v) is 3.77. The van der Waals surface area contributed by atoms with Crippen LogP contribution in [0, 0.1) is 0 Å². The van der Waals surface area contributed by atoms with Crippen molar-refractivity contribution in [3.8, 4) is 0 Å². The van der Waals surface area contributed by atoms with Gasteiger partial charge in [-0.3, -0.25) is 0 Å². The molecule has 2 rings (SSSR count). The summed E-state index contributed by atoms with van der Waals surface area (Å²) in [5.41, 5.74) is 9.47. The third-order valence-corrected chi connectivity index (χ3v) is 5.34. The molecule has 5 heteroatoms. The number of allylic oxidation sites excluding steroid dienone is 2. The minimum Gasteiger partial charge on any atom is -0.372 e. The van der Waals surface area contributed by atoms with E-state index < -0.39 is 0 Å². The quantitative estimate of drug-likeness (QED) is 0.654. The highest BCUT2D eigenvalue weighted by Gasteiger charge is 2.28. The first-order valence-corrected chi connectivity index (χ1v) is 9.56. The Labute approximate surface area is 154 Å². The summed E-state index contributed by atoms with van der Waals surface area (Å²) in [6, 6.07) is 0.664. The molecule has 1 saturated heterocycles. The predicted octanol–water partition coefficient (Wildman–Crippen LogP) is 3.45. The lowest BCUT2D eigenvalue weighted by atomic mass is 9.97. The predicted molar refractivity (Wildman–Crippen MR) is 106 cm³/mol. The highest BCUT2D eigenvalue weighted by molar-refractivity contribution is 5.85. The summed E-state index contributed by atoms with van der Waals surface area (Å²) in [6.45, 7) is 7.67. The molecule has 1 unspecified atom stereocenters. The van der Waals surface area contributed by atoms with E-state index in [0.717, 1.165) is 19.6 Å². The SMILES string of the molecule is CCCCCCC1=C(N2CCC(NC)CC2)C(N)N(CC)C=C1.Cl. The third kappa shape index (κ3) is 5.40. The van der Waals surface area contributed by atoms with Gasteiger partial charge in [-0.05, 0) is 51.3 Å². The third-order valence-electron chi connectivity index (χ3n) is 5.34. The first-order chi connectivity index (χ1) is 11.2. The van der Waals surface area contributed by atoms with Crippen molar-refractivity contribution in [2.75, 3.05) is 26.7 Å². The van der Waals surface area contributed by atoms with Crippen molar-refractivity contribution in [3.05, 3.63) is 23.5 Å². The molecule has 0 spiro atoms. The van der Waals surface area contributed by atoms with E-state index in [2.05, 4.69) is 48.3 Å². The summed E-state index contributed by atoms with van der Waals surface area (Å²) in [4.78, 5) is 4.81. The molecular weight excluding hydrogens is 320 g/mol. The molecule has 0 aromatic carbocycles. The maximum Gasteiger partial charge on any atom is 0.118 e. The van der Waals surface area contributed by atoms with Gasteiger partial charge >= 0.3 is 0 Å². The van der Waals surface area contributed by atoms with Crippen LogP contribution in [0.2, 0.25) is 0 Å². The van der Waals surface area contributed by atoms with Gasteiger partial charge in [0.05, 0.1) is 5.70 Å². The average molecular weight is 357 g/mol. The molecule has 1 fully saturated rings. The van der Waals surface area contributed by atoms with E-state index >= 15 is 0 Å². The molecule has 2 heterocycles. The van der Waals surface area contributed by atoms with Crippen LogP contribution in [0.3, 0.4) is 0 Å². The molecule has 0 amide bonds. The van der Waals surface area contributed by atoms with Gasteiger partial charge < -0.3 is 20.9 Å². The average Bonchev–Trinajstić information content (AvgIpc) is 2.59. The number of likely N-dealkylation sites (N-methyl/N-ethyl adjacent to an activating group) is 1. The Morgan fingerprint density at radius 3 is 2.46 bits per heavy atom. The topological polar surface area (TPSA) is 44.5 Å². The zero-order valence-corrected chi connectivity index (χ0v) is 16.6. The molecule has 1 atom stereocenters. The Morgan fingerprint density at radius 1 is 1.17 bits per heavy atom. The van der Waals surface area contributed by atoms with E-state index in [4.69, 9.17) is 5.73 Å². The summed E-state index contributed by atoms with van der Waals surface area (Å²) in [6.07, 6.45) is 13.4. The van der Waals surface area contributed by atoms with Gasteiger partial charge in [-0.15, -0.1) is 12.4 Å². The lowest BCUT2D eigenvalue weighted by Gasteiger charge is -2.42. The second-order valence-electron chi connectivity index (χ2n) is 6.86. The number of hydrogen-bond donors (Lipinski definition) is 2. The summed E-state index contributed by atoms with van der Waals surface area (Å²) < 4.78 is 0. The van der Waals surface area contributed by atoms with Crippen molar-refractivity contribution in [1.29, 1.82) is 0 Å². The smallest absolute Gasteiger partial charge is 0.118 e. The monoisotopic (exact) mass is 356 g/mol. The Kier molecular flexibility index (Phi) is 9.79. The van der Waals surface area contributed by atoms with Gasteiger partial charge in [0.2, 0.25) is 0 Å². The molecule has 140 valence electrons. The normalized spacial score (nSPS) is 22.1. The van der Waals surface area contributed by atoms with Gasteiger partial charge in [0.25, 0.3) is 0 Å². The van der Waals surface area contributed by atoms with E-state index in [1.807, 2.05) is 0 Å². The molecular formula is C19H37ClN4. The van der Waals surface area contributed by atoms with E-state index in [0.29, 0.717) is 6.04 Å². The first-order valence-electron chi connectivity index (χ1n) is 9.56. The highest BCUT2D eigenvalue weighted by atomic mass is 35.5. The second-order valence-corrected chi connectivity index (χ2v) is 6.86. The summed E-state index contributed by atoms with van der Waals surface area (Å²) in [7, 11) is 2.08. The molecule has 0 saturated carbocycles. The van der Waals surface area contributed by atoms with Gasteiger partial charge in [-0.1, -0.05) is 26.2 Å². The fourth-order valence-electron chi connectivity index (χ4n) is 3.77. The van der Waals surface area contributed by atoms with Crippen molar-refractivity contribution in [1.82, 2.24) is 15.1 Å². The molecule has 3 N–H and O–H groups in total. The minimum absolute atomic E-state index is 0. The molecule has 2 aliphatic heterocycles. The van der Waals surface area contributed by atoms with Gasteiger partial charge in [0, 0.05) is 31.9 Å². The summed E-state index contributed by atoms with van der Waals surface area (Å²) >= 11 is 0. The van der Waals surface area contributed by atoms with Gasteiger partial charge in [-0.25, -0.2) is 0 Å². The van der Waals surface area contributed by atoms with Crippen molar-refractivity contribution < 1.29 is 0 Å². The van der Waals surface area contributed by atoms with Gasteiger partial charge in [0.1, 0.15) is 6.17 Å². The van der Waals surface area contributed by atoms with Crippen LogP contribution in [-0.2, 0) is 0 Å². The maximum atomic E-state index is 6.61. The molecule has 0 radical (unpaired) electrons. The number of piperidine rings is 1. The van der Waals surface area contributed by atoms with E-state index in [-0.39, 0.29) is 18.6 Å². The van der Waals surface area contributed by atoms with Crippen LogP contribution >= 0.6 is 12.4 Å². The Balaban J connectivity index is 0.00000288. The van der Waals surface area contributed by atoms with Crippen LogP contribution in [0.4, 0.5) is 0 Å². The first kappa shape index (κ1) is 21.3. The molecule has 4 nitrogen and oxygen atoms in total. The van der Waals surface area contributed by atoms with E-state index in [9.17, 15) is 0 Å². The largest absolute Gasteiger partial charge is 0.372 e. The van der Waals surface area contributed by atoms with Crippen molar-refractivity contribution in [3.63, 3.8) is 0 Å². The maximum absolute atomic E-state index is 6.61. The van der Waals surface area contributed by atoms with Crippen LogP contribution in [-0.4, -0.2) is 48.7 Å². The molecule has 24 heavy (non-hydrogen) atoms. The van der Waals surface area contributed by atoms with Crippen molar-refractivity contribution in [2.24, 2.45) is 5.73 Å². The molecule has 0 bridgehead atoms. The zero-order chi connectivity index (χ0) is 16.7. The van der Waals surface area contributed by atoms with Crippen molar-refractivity contribution in [2.45, 2.75) is 71.0 Å². The Morgan fingerprint density at radius 2 is 1.88 bits per heavy atom. The van der Waals surface area contributed by atoms with Crippen LogP contribution in [0.1, 0.15) is 58.8 Å². The minimum atomic E-state index is 0. The zero-order valence-electron chi connectivity index (χ0n) is 15.8. The number of nitrogens with zero attached hydrogens (tertiary/aromatic N) is 2. The lowest BCUT2D eigenvalue weighted by molar-refractivity contribution is 0.194. The number of unbranched alkanes of at least 4 members (excludes halogenated alkanes) is 3. The second kappa shape index (κ2) is 11.0. The number of rotatable bonds is 8. The van der Waals surface area contributed by atoms with E-state index in [1.54, 1.807) is 0 Å². The van der Waals surface area contributed by atoms with Crippen LogP contribution in [0.25, 0.3) is 0 Å². The Bertz CT molecular complexity index is 414. The fraction of sp³-hybridized carbons (Fsp3) is 0.789. The Hall–Kier alpha value is -0.710. The molecule has 2 aliphatic rings. The van der Waals surface area contributed by atoms with Crippen LogP contribution in [0.15, 0.2) is 23.5 Å². The summed E-state index contributed by atoms with van der Waals surface area (Å²) in [5, 5.41) is 3.42. The van der Waals surface area contributed by atoms with Crippen molar-refractivity contribution >= 4 is 12.4 Å². The molecule has 0 aromatic rings.